The summed E-state index contributed by atoms with van der Waals surface area (Å²) in [7, 11) is 1.65. The van der Waals surface area contributed by atoms with E-state index in [4.69, 9.17) is 10.5 Å². The van der Waals surface area contributed by atoms with Crippen molar-refractivity contribution in [1.82, 2.24) is 4.98 Å². The molecule has 0 aromatic carbocycles. The summed E-state index contributed by atoms with van der Waals surface area (Å²) in [5.74, 6) is 1.43. The van der Waals surface area contributed by atoms with E-state index >= 15 is 0 Å². The maximum Gasteiger partial charge on any atom is 0.137 e. The normalized spacial score (nSPS) is 18.7. The summed E-state index contributed by atoms with van der Waals surface area (Å²) in [6.07, 6.45) is 7.36. The second-order valence-electron chi connectivity index (χ2n) is 3.87. The summed E-state index contributed by atoms with van der Waals surface area (Å²) in [6.45, 7) is 0. The molecular formula is C11H16N2O. The van der Waals surface area contributed by atoms with E-state index < -0.39 is 0 Å². The first kappa shape index (κ1) is 9.46. The molecule has 1 aromatic rings. The van der Waals surface area contributed by atoms with Crippen LogP contribution < -0.4 is 10.5 Å². The third-order valence-corrected chi connectivity index (χ3v) is 3.01. The van der Waals surface area contributed by atoms with Gasteiger partial charge in [0.2, 0.25) is 0 Å². The first-order valence-corrected chi connectivity index (χ1v) is 5.06. The summed E-state index contributed by atoms with van der Waals surface area (Å²) in [6, 6.07) is 2.11. The molecule has 14 heavy (non-hydrogen) atoms. The summed E-state index contributed by atoms with van der Waals surface area (Å²) in [5.41, 5.74) is 7.22. The molecule has 0 spiro atoms. The molecule has 1 aromatic heterocycles. The lowest BCUT2D eigenvalue weighted by Gasteiger charge is -2.31. The predicted molar refractivity (Wildman–Crippen MR) is 55.1 cm³/mol. The van der Waals surface area contributed by atoms with Gasteiger partial charge in [-0.05, 0) is 30.4 Å². The Morgan fingerprint density at radius 3 is 2.86 bits per heavy atom. The number of hydrogen-bond acceptors (Lipinski definition) is 3. The number of aromatic nitrogens is 1. The van der Waals surface area contributed by atoms with E-state index in [0.717, 1.165) is 11.3 Å². The van der Waals surface area contributed by atoms with Gasteiger partial charge in [0.05, 0.1) is 13.3 Å². The standard InChI is InChI=1S/C11H16N2O/c1-14-10-5-9(6-13-7-10)11(12)8-3-2-4-8/h5-8,11H,2-4,12H2,1H3. The van der Waals surface area contributed by atoms with Gasteiger partial charge in [0.25, 0.3) is 0 Å². The number of ether oxygens (including phenoxy) is 1. The monoisotopic (exact) mass is 192 g/mol. The molecular weight excluding hydrogens is 176 g/mol. The number of nitrogens with two attached hydrogens (primary N) is 1. The van der Waals surface area contributed by atoms with Crippen molar-refractivity contribution < 1.29 is 4.74 Å². The first-order valence-electron chi connectivity index (χ1n) is 5.06. The van der Waals surface area contributed by atoms with Gasteiger partial charge in [0.1, 0.15) is 5.75 Å². The lowest BCUT2D eigenvalue weighted by molar-refractivity contribution is 0.263. The van der Waals surface area contributed by atoms with Crippen LogP contribution in [0.4, 0.5) is 0 Å². The molecule has 3 nitrogen and oxygen atoms in total. The Kier molecular flexibility index (Phi) is 2.68. The topological polar surface area (TPSA) is 48.1 Å². The molecule has 1 atom stereocenters. The zero-order valence-corrected chi connectivity index (χ0v) is 8.44. The molecule has 0 radical (unpaired) electrons. The number of rotatable bonds is 3. The van der Waals surface area contributed by atoms with Gasteiger partial charge >= 0.3 is 0 Å². The van der Waals surface area contributed by atoms with Crippen molar-refractivity contribution in [2.75, 3.05) is 7.11 Å². The van der Waals surface area contributed by atoms with Crippen LogP contribution in [0.15, 0.2) is 18.5 Å². The minimum Gasteiger partial charge on any atom is -0.495 e. The SMILES string of the molecule is COc1cncc(C(N)C2CCC2)c1. The Labute approximate surface area is 84.3 Å². The van der Waals surface area contributed by atoms with E-state index in [1.54, 1.807) is 13.3 Å². The van der Waals surface area contributed by atoms with Crippen molar-refractivity contribution in [3.8, 4) is 5.75 Å². The van der Waals surface area contributed by atoms with Crippen molar-refractivity contribution >= 4 is 0 Å². The smallest absolute Gasteiger partial charge is 0.137 e. The molecule has 1 fully saturated rings. The van der Waals surface area contributed by atoms with E-state index in [1.807, 2.05) is 12.3 Å². The van der Waals surface area contributed by atoms with Crippen LogP contribution in [0.3, 0.4) is 0 Å². The van der Waals surface area contributed by atoms with Crippen LogP contribution in [0.1, 0.15) is 30.9 Å². The molecule has 0 amide bonds. The fraction of sp³-hybridized carbons (Fsp3) is 0.545. The van der Waals surface area contributed by atoms with Crippen LogP contribution in [0, 0.1) is 5.92 Å². The Bertz CT molecular complexity index is 310. The number of nitrogens with zero attached hydrogens (tertiary/aromatic N) is 1. The number of pyridine rings is 1. The minimum absolute atomic E-state index is 0.131. The van der Waals surface area contributed by atoms with E-state index in [9.17, 15) is 0 Å². The second-order valence-corrected chi connectivity index (χ2v) is 3.87. The average Bonchev–Trinajstić information content (AvgIpc) is 2.15. The van der Waals surface area contributed by atoms with Crippen molar-refractivity contribution in [2.24, 2.45) is 11.7 Å². The minimum atomic E-state index is 0.131. The highest BCUT2D eigenvalue weighted by atomic mass is 16.5. The van der Waals surface area contributed by atoms with Crippen LogP contribution >= 0.6 is 0 Å². The van der Waals surface area contributed by atoms with Gasteiger partial charge in [-0.15, -0.1) is 0 Å². The lowest BCUT2D eigenvalue weighted by atomic mass is 9.78. The van der Waals surface area contributed by atoms with Crippen molar-refractivity contribution in [1.29, 1.82) is 0 Å². The van der Waals surface area contributed by atoms with Crippen LogP contribution in [-0.4, -0.2) is 12.1 Å². The predicted octanol–water partition coefficient (Wildman–Crippen LogP) is 1.89. The third kappa shape index (κ3) is 1.73. The van der Waals surface area contributed by atoms with Gasteiger partial charge in [-0.2, -0.15) is 0 Å². The molecule has 1 heterocycles. The highest BCUT2D eigenvalue weighted by molar-refractivity contribution is 5.26. The molecule has 1 aliphatic rings. The summed E-state index contributed by atoms with van der Waals surface area (Å²) in [5, 5.41) is 0. The molecule has 0 aliphatic heterocycles. The molecule has 1 unspecified atom stereocenters. The van der Waals surface area contributed by atoms with Crippen molar-refractivity contribution in [2.45, 2.75) is 25.3 Å². The molecule has 2 N–H and O–H groups in total. The van der Waals surface area contributed by atoms with E-state index in [0.29, 0.717) is 5.92 Å². The van der Waals surface area contributed by atoms with Crippen LogP contribution in [0.5, 0.6) is 5.75 Å². The van der Waals surface area contributed by atoms with Gasteiger partial charge in [0, 0.05) is 12.2 Å². The van der Waals surface area contributed by atoms with Crippen LogP contribution in [-0.2, 0) is 0 Å². The Morgan fingerprint density at radius 2 is 2.29 bits per heavy atom. The van der Waals surface area contributed by atoms with Crippen molar-refractivity contribution in [3.05, 3.63) is 24.0 Å². The van der Waals surface area contributed by atoms with Gasteiger partial charge in [-0.1, -0.05) is 6.42 Å². The van der Waals surface area contributed by atoms with Gasteiger partial charge < -0.3 is 10.5 Å². The van der Waals surface area contributed by atoms with Crippen molar-refractivity contribution in [3.63, 3.8) is 0 Å². The quantitative estimate of drug-likeness (QED) is 0.795. The zero-order valence-electron chi connectivity index (χ0n) is 8.44. The number of hydrogen-bond donors (Lipinski definition) is 1. The first-order chi connectivity index (χ1) is 6.81. The highest BCUT2D eigenvalue weighted by Crippen LogP contribution is 2.36. The number of methoxy groups -OCH3 is 1. The Balaban J connectivity index is 2.13. The van der Waals surface area contributed by atoms with Gasteiger partial charge in [-0.25, -0.2) is 0 Å². The van der Waals surface area contributed by atoms with Gasteiger partial charge in [-0.3, -0.25) is 4.98 Å². The van der Waals surface area contributed by atoms with Crippen LogP contribution in [0.2, 0.25) is 0 Å². The molecule has 76 valence electrons. The zero-order chi connectivity index (χ0) is 9.97. The van der Waals surface area contributed by atoms with Gasteiger partial charge in [0.15, 0.2) is 0 Å². The maximum atomic E-state index is 6.13. The Hall–Kier alpha value is -1.09. The largest absolute Gasteiger partial charge is 0.495 e. The molecule has 0 bridgehead atoms. The fourth-order valence-electron chi connectivity index (χ4n) is 1.80. The highest BCUT2D eigenvalue weighted by Gasteiger charge is 2.25. The Morgan fingerprint density at radius 1 is 1.50 bits per heavy atom. The third-order valence-electron chi connectivity index (χ3n) is 3.01. The summed E-state index contributed by atoms with van der Waals surface area (Å²) < 4.78 is 5.12. The van der Waals surface area contributed by atoms with E-state index in [-0.39, 0.29) is 6.04 Å². The second kappa shape index (κ2) is 3.96. The molecule has 3 heteroatoms. The maximum absolute atomic E-state index is 6.13. The van der Waals surface area contributed by atoms with E-state index in [2.05, 4.69) is 4.98 Å². The van der Waals surface area contributed by atoms with E-state index in [1.165, 1.54) is 19.3 Å². The summed E-state index contributed by atoms with van der Waals surface area (Å²) in [4.78, 5) is 4.11. The lowest BCUT2D eigenvalue weighted by Crippen LogP contribution is -2.26. The van der Waals surface area contributed by atoms with Crippen LogP contribution in [0.25, 0.3) is 0 Å². The fourth-order valence-corrected chi connectivity index (χ4v) is 1.80. The average molecular weight is 192 g/mol. The molecule has 0 saturated heterocycles. The summed E-state index contributed by atoms with van der Waals surface area (Å²) >= 11 is 0. The molecule has 1 saturated carbocycles. The molecule has 2 rings (SSSR count). The molecule has 1 aliphatic carbocycles.